The van der Waals surface area contributed by atoms with E-state index in [1.807, 2.05) is 32.9 Å². The molecule has 4 nitrogen and oxygen atoms in total. The van der Waals surface area contributed by atoms with Crippen LogP contribution in [0.25, 0.3) is 0 Å². The predicted octanol–water partition coefficient (Wildman–Crippen LogP) is 2.29. The number of nitrogens with zero attached hydrogens (tertiary/aromatic N) is 1. The number of ether oxygens (including phenoxy) is 1. The van der Waals surface area contributed by atoms with Gasteiger partial charge in [0.25, 0.3) is 0 Å². The molecule has 19 heavy (non-hydrogen) atoms. The standard InChI is InChI=1S/C15H23NO3/c1-15(2,3)19-14(18)12-9-6-10-16(12)13(17)11-7-4-5-8-11/h4-5,11-12H,6-10H2,1-3H3/t12-/m1/s1. The quantitative estimate of drug-likeness (QED) is 0.568. The lowest BCUT2D eigenvalue weighted by molar-refractivity contribution is -0.163. The molecule has 0 aromatic rings. The Labute approximate surface area is 114 Å². The maximum absolute atomic E-state index is 12.4. The summed E-state index contributed by atoms with van der Waals surface area (Å²) >= 11 is 0. The zero-order chi connectivity index (χ0) is 14.0. The molecule has 2 rings (SSSR count). The minimum atomic E-state index is -0.497. The minimum absolute atomic E-state index is 0.0306. The Morgan fingerprint density at radius 3 is 2.42 bits per heavy atom. The van der Waals surface area contributed by atoms with E-state index in [4.69, 9.17) is 4.74 Å². The highest BCUT2D eigenvalue weighted by Crippen LogP contribution is 2.27. The van der Waals surface area contributed by atoms with E-state index in [2.05, 4.69) is 0 Å². The van der Waals surface area contributed by atoms with Gasteiger partial charge in [-0.1, -0.05) is 12.2 Å². The van der Waals surface area contributed by atoms with Gasteiger partial charge in [0, 0.05) is 12.5 Å². The molecule has 0 spiro atoms. The van der Waals surface area contributed by atoms with Gasteiger partial charge in [0.1, 0.15) is 11.6 Å². The van der Waals surface area contributed by atoms with Gasteiger partial charge in [-0.25, -0.2) is 4.79 Å². The van der Waals surface area contributed by atoms with Crippen molar-refractivity contribution in [3.05, 3.63) is 12.2 Å². The van der Waals surface area contributed by atoms with Crippen molar-refractivity contribution in [2.24, 2.45) is 5.92 Å². The Kier molecular flexibility index (Phi) is 3.97. The van der Waals surface area contributed by atoms with Crippen LogP contribution in [0, 0.1) is 5.92 Å². The van der Waals surface area contributed by atoms with Crippen LogP contribution in [0.2, 0.25) is 0 Å². The number of carbonyl (C=O) groups excluding carboxylic acids is 2. The van der Waals surface area contributed by atoms with Crippen LogP contribution >= 0.6 is 0 Å². The summed E-state index contributed by atoms with van der Waals surface area (Å²) in [4.78, 5) is 26.3. The SMILES string of the molecule is CC(C)(C)OC(=O)[C@H]1CCCN1C(=O)C1CC=CC1. The third kappa shape index (κ3) is 3.37. The fourth-order valence-electron chi connectivity index (χ4n) is 2.70. The maximum Gasteiger partial charge on any atom is 0.329 e. The molecule has 0 radical (unpaired) electrons. The Bertz CT molecular complexity index is 387. The molecule has 2 aliphatic rings. The smallest absolute Gasteiger partial charge is 0.329 e. The number of esters is 1. The molecule has 1 heterocycles. The largest absolute Gasteiger partial charge is 0.458 e. The monoisotopic (exact) mass is 265 g/mol. The van der Waals surface area contributed by atoms with Gasteiger partial charge in [-0.05, 0) is 46.5 Å². The number of likely N-dealkylation sites (tertiary alicyclic amines) is 1. The van der Waals surface area contributed by atoms with Crippen molar-refractivity contribution in [3.63, 3.8) is 0 Å². The highest BCUT2D eigenvalue weighted by atomic mass is 16.6. The molecule has 106 valence electrons. The average Bonchev–Trinajstić information content (AvgIpc) is 2.97. The van der Waals surface area contributed by atoms with Gasteiger partial charge in [-0.2, -0.15) is 0 Å². The minimum Gasteiger partial charge on any atom is -0.458 e. The van der Waals surface area contributed by atoms with Crippen LogP contribution in [0.15, 0.2) is 12.2 Å². The summed E-state index contributed by atoms with van der Waals surface area (Å²) in [5.41, 5.74) is -0.497. The molecule has 4 heteroatoms. The van der Waals surface area contributed by atoms with Gasteiger partial charge in [0.15, 0.2) is 0 Å². The van der Waals surface area contributed by atoms with Crippen LogP contribution < -0.4 is 0 Å². The lowest BCUT2D eigenvalue weighted by atomic mass is 10.1. The van der Waals surface area contributed by atoms with Gasteiger partial charge in [-0.15, -0.1) is 0 Å². The first kappa shape index (κ1) is 14.1. The van der Waals surface area contributed by atoms with Crippen molar-refractivity contribution in [1.29, 1.82) is 0 Å². The summed E-state index contributed by atoms with van der Waals surface area (Å²) in [7, 11) is 0. The fourth-order valence-corrected chi connectivity index (χ4v) is 2.70. The third-order valence-electron chi connectivity index (χ3n) is 3.57. The van der Waals surface area contributed by atoms with Gasteiger partial charge in [0.05, 0.1) is 0 Å². The van der Waals surface area contributed by atoms with Crippen LogP contribution in [-0.4, -0.2) is 35.0 Å². The van der Waals surface area contributed by atoms with Crippen molar-refractivity contribution < 1.29 is 14.3 Å². The fraction of sp³-hybridized carbons (Fsp3) is 0.733. The number of allylic oxidation sites excluding steroid dienone is 2. The third-order valence-corrected chi connectivity index (χ3v) is 3.57. The maximum atomic E-state index is 12.4. The summed E-state index contributed by atoms with van der Waals surface area (Å²) in [5, 5.41) is 0. The Balaban J connectivity index is 2.00. The first-order valence-corrected chi connectivity index (χ1v) is 7.07. The van der Waals surface area contributed by atoms with Crippen molar-refractivity contribution in [2.45, 2.75) is 58.1 Å². The van der Waals surface area contributed by atoms with E-state index in [1.54, 1.807) is 4.90 Å². The molecular formula is C15H23NO3. The number of amides is 1. The molecule has 0 bridgehead atoms. The summed E-state index contributed by atoms with van der Waals surface area (Å²) in [5.74, 6) is -0.120. The average molecular weight is 265 g/mol. The zero-order valence-electron chi connectivity index (χ0n) is 12.0. The molecule has 0 N–H and O–H groups in total. The van der Waals surface area contributed by atoms with E-state index in [0.717, 1.165) is 25.7 Å². The first-order valence-electron chi connectivity index (χ1n) is 7.07. The molecule has 1 amide bonds. The van der Waals surface area contributed by atoms with E-state index in [-0.39, 0.29) is 23.8 Å². The first-order chi connectivity index (χ1) is 8.88. The summed E-state index contributed by atoms with van der Waals surface area (Å²) in [6.45, 7) is 6.24. The molecule has 1 atom stereocenters. The second kappa shape index (κ2) is 5.35. The van der Waals surface area contributed by atoms with Crippen LogP contribution in [0.3, 0.4) is 0 Å². The molecule has 1 aliphatic heterocycles. The molecular weight excluding hydrogens is 242 g/mol. The van der Waals surface area contributed by atoms with Gasteiger partial charge >= 0.3 is 5.97 Å². The molecule has 0 unspecified atom stereocenters. The lowest BCUT2D eigenvalue weighted by Crippen LogP contribution is -2.45. The van der Waals surface area contributed by atoms with Gasteiger partial charge < -0.3 is 9.64 Å². The summed E-state index contributed by atoms with van der Waals surface area (Å²) < 4.78 is 5.42. The number of hydrogen-bond donors (Lipinski definition) is 0. The number of rotatable bonds is 2. The van der Waals surface area contributed by atoms with Gasteiger partial charge in [0.2, 0.25) is 5.91 Å². The van der Waals surface area contributed by atoms with E-state index in [0.29, 0.717) is 6.54 Å². The molecule has 0 aromatic heterocycles. The van der Waals surface area contributed by atoms with Crippen molar-refractivity contribution in [1.82, 2.24) is 4.90 Å². The molecule has 1 saturated heterocycles. The Hall–Kier alpha value is -1.32. The van der Waals surface area contributed by atoms with Gasteiger partial charge in [-0.3, -0.25) is 4.79 Å². The van der Waals surface area contributed by atoms with Crippen LogP contribution in [0.4, 0.5) is 0 Å². The van der Waals surface area contributed by atoms with E-state index in [1.165, 1.54) is 0 Å². The van der Waals surface area contributed by atoms with E-state index in [9.17, 15) is 9.59 Å². The van der Waals surface area contributed by atoms with Crippen LogP contribution in [0.5, 0.6) is 0 Å². The number of hydrogen-bond acceptors (Lipinski definition) is 3. The molecule has 1 aliphatic carbocycles. The van der Waals surface area contributed by atoms with E-state index < -0.39 is 5.60 Å². The second-order valence-electron chi connectivity index (χ2n) is 6.36. The van der Waals surface area contributed by atoms with E-state index >= 15 is 0 Å². The van der Waals surface area contributed by atoms with Crippen molar-refractivity contribution in [3.8, 4) is 0 Å². The molecule has 0 aromatic carbocycles. The van der Waals surface area contributed by atoms with Crippen molar-refractivity contribution in [2.75, 3.05) is 6.54 Å². The highest BCUT2D eigenvalue weighted by Gasteiger charge is 2.39. The summed E-state index contributed by atoms with van der Waals surface area (Å²) in [6.07, 6.45) is 7.30. The topological polar surface area (TPSA) is 46.6 Å². The predicted molar refractivity (Wildman–Crippen MR) is 72.4 cm³/mol. The van der Waals surface area contributed by atoms with Crippen molar-refractivity contribution >= 4 is 11.9 Å². The lowest BCUT2D eigenvalue weighted by Gasteiger charge is -2.29. The second-order valence-corrected chi connectivity index (χ2v) is 6.36. The highest BCUT2D eigenvalue weighted by molar-refractivity contribution is 5.87. The molecule has 0 saturated carbocycles. The molecule has 1 fully saturated rings. The zero-order valence-corrected chi connectivity index (χ0v) is 12.0. The number of carbonyl (C=O) groups is 2. The van der Waals surface area contributed by atoms with Crippen LogP contribution in [-0.2, 0) is 14.3 Å². The Morgan fingerprint density at radius 1 is 1.21 bits per heavy atom. The summed E-state index contributed by atoms with van der Waals surface area (Å²) in [6, 6.07) is -0.382. The Morgan fingerprint density at radius 2 is 1.84 bits per heavy atom. The van der Waals surface area contributed by atoms with Crippen LogP contribution in [0.1, 0.15) is 46.5 Å². The normalized spacial score (nSPS) is 23.9.